The predicted molar refractivity (Wildman–Crippen MR) is 96.4 cm³/mol. The first-order valence-electron chi connectivity index (χ1n) is 8.23. The second kappa shape index (κ2) is 6.14. The van der Waals surface area contributed by atoms with Gasteiger partial charge in [0.25, 0.3) is 10.0 Å². The molecule has 7 nitrogen and oxygen atoms in total. The molecule has 26 heavy (non-hydrogen) atoms. The molecule has 0 bridgehead atoms. The van der Waals surface area contributed by atoms with Gasteiger partial charge in [-0.1, -0.05) is 24.3 Å². The van der Waals surface area contributed by atoms with Crippen molar-refractivity contribution in [2.75, 3.05) is 22.7 Å². The summed E-state index contributed by atoms with van der Waals surface area (Å²) in [5.41, 5.74) is 1.83. The fraction of sp³-hybridized carbons (Fsp3) is 0.222. The summed E-state index contributed by atoms with van der Waals surface area (Å²) in [6.45, 7) is 0.298. The van der Waals surface area contributed by atoms with Crippen LogP contribution < -0.4 is 14.9 Å². The van der Waals surface area contributed by atoms with Crippen LogP contribution in [-0.2, 0) is 19.6 Å². The van der Waals surface area contributed by atoms with Crippen molar-refractivity contribution in [3.8, 4) is 0 Å². The van der Waals surface area contributed by atoms with Crippen molar-refractivity contribution in [2.45, 2.75) is 17.2 Å². The molecule has 4 rings (SSSR count). The van der Waals surface area contributed by atoms with Crippen molar-refractivity contribution in [1.82, 2.24) is 5.32 Å². The number of amides is 2. The summed E-state index contributed by atoms with van der Waals surface area (Å²) in [7, 11) is -3.87. The zero-order chi connectivity index (χ0) is 18.3. The lowest BCUT2D eigenvalue weighted by molar-refractivity contribution is -0.119. The van der Waals surface area contributed by atoms with E-state index in [2.05, 4.69) is 10.6 Å². The van der Waals surface area contributed by atoms with Crippen LogP contribution in [0.1, 0.15) is 17.9 Å². The van der Waals surface area contributed by atoms with Crippen molar-refractivity contribution in [1.29, 1.82) is 0 Å². The smallest absolute Gasteiger partial charge is 0.264 e. The third-order valence-corrected chi connectivity index (χ3v) is 6.42. The van der Waals surface area contributed by atoms with Crippen LogP contribution in [0.2, 0.25) is 0 Å². The zero-order valence-corrected chi connectivity index (χ0v) is 14.6. The van der Waals surface area contributed by atoms with Crippen molar-refractivity contribution < 1.29 is 18.0 Å². The van der Waals surface area contributed by atoms with Crippen molar-refractivity contribution >= 4 is 33.2 Å². The van der Waals surface area contributed by atoms with Crippen molar-refractivity contribution in [3.05, 3.63) is 54.1 Å². The average Bonchev–Trinajstić information content (AvgIpc) is 3.07. The van der Waals surface area contributed by atoms with Gasteiger partial charge in [0.2, 0.25) is 11.8 Å². The molecule has 0 radical (unpaired) electrons. The van der Waals surface area contributed by atoms with Crippen LogP contribution in [0.4, 0.5) is 11.4 Å². The molecule has 8 heteroatoms. The Hall–Kier alpha value is -2.87. The third-order valence-electron chi connectivity index (χ3n) is 4.65. The normalized spacial score (nSPS) is 19.7. The number of carbonyl (C=O) groups excluding carboxylic acids is 2. The number of anilines is 2. The number of rotatable bonds is 3. The Morgan fingerprint density at radius 1 is 0.962 bits per heavy atom. The fourth-order valence-corrected chi connectivity index (χ4v) is 4.74. The second-order valence-corrected chi connectivity index (χ2v) is 8.21. The first-order valence-corrected chi connectivity index (χ1v) is 9.67. The SMILES string of the molecule is O=C1C[C@H](c2ccc(S(=O)(=O)N3CC(=O)Nc4ccccc43)cc2)CN1. The summed E-state index contributed by atoms with van der Waals surface area (Å²) < 4.78 is 27.2. The number of nitrogens with zero attached hydrogens (tertiary/aromatic N) is 1. The molecular weight excluding hydrogens is 354 g/mol. The van der Waals surface area contributed by atoms with Crippen molar-refractivity contribution in [3.63, 3.8) is 0 Å². The number of nitrogens with one attached hydrogen (secondary N) is 2. The molecule has 2 N–H and O–H groups in total. The number of fused-ring (bicyclic) bond motifs is 1. The van der Waals surface area contributed by atoms with Gasteiger partial charge in [0.15, 0.2) is 0 Å². The number of hydrogen-bond donors (Lipinski definition) is 2. The summed E-state index contributed by atoms with van der Waals surface area (Å²) in [4.78, 5) is 23.4. The fourth-order valence-electron chi connectivity index (χ4n) is 3.30. The van der Waals surface area contributed by atoms with Gasteiger partial charge in [-0.05, 0) is 29.8 Å². The molecule has 2 aliphatic heterocycles. The van der Waals surface area contributed by atoms with E-state index in [1.54, 1.807) is 36.4 Å². The molecule has 2 heterocycles. The van der Waals surface area contributed by atoms with E-state index in [-0.39, 0.29) is 29.2 Å². The second-order valence-electron chi connectivity index (χ2n) is 6.35. The molecular formula is C18H17N3O4S. The molecule has 0 unspecified atom stereocenters. The molecule has 0 aromatic heterocycles. The first kappa shape index (κ1) is 16.6. The van der Waals surface area contributed by atoms with E-state index < -0.39 is 10.0 Å². The molecule has 2 amide bonds. The molecule has 1 saturated heterocycles. The quantitative estimate of drug-likeness (QED) is 0.853. The molecule has 0 saturated carbocycles. The highest BCUT2D eigenvalue weighted by Gasteiger charge is 2.32. The Morgan fingerprint density at radius 3 is 2.38 bits per heavy atom. The van der Waals surface area contributed by atoms with Crippen LogP contribution in [0.3, 0.4) is 0 Å². The van der Waals surface area contributed by atoms with Crippen LogP contribution in [0, 0.1) is 0 Å². The summed E-state index contributed by atoms with van der Waals surface area (Å²) in [6.07, 6.45) is 0.409. The number of carbonyl (C=O) groups is 2. The van der Waals surface area contributed by atoms with Gasteiger partial charge in [-0.2, -0.15) is 0 Å². The minimum Gasteiger partial charge on any atom is -0.355 e. The molecule has 0 spiro atoms. The van der Waals surface area contributed by atoms with E-state index >= 15 is 0 Å². The molecule has 2 aliphatic rings. The molecule has 1 atom stereocenters. The lowest BCUT2D eigenvalue weighted by atomic mass is 9.99. The predicted octanol–water partition coefficient (Wildman–Crippen LogP) is 1.44. The molecule has 134 valence electrons. The summed E-state index contributed by atoms with van der Waals surface area (Å²) in [5, 5.41) is 5.45. The van der Waals surface area contributed by atoms with Crippen LogP contribution in [0.5, 0.6) is 0 Å². The standard InChI is InChI=1S/C18H17N3O4S/c22-17-9-13(10-19-17)12-5-7-14(8-6-12)26(24,25)21-11-18(23)20-15-3-1-2-4-16(15)21/h1-8,13H,9-11H2,(H,19,22)(H,20,23)/t13-/m0/s1. The van der Waals surface area contributed by atoms with Crippen LogP contribution in [0.15, 0.2) is 53.4 Å². The number of sulfonamides is 1. The van der Waals surface area contributed by atoms with Gasteiger partial charge in [0.05, 0.1) is 16.3 Å². The van der Waals surface area contributed by atoms with Gasteiger partial charge in [0, 0.05) is 18.9 Å². The zero-order valence-electron chi connectivity index (χ0n) is 13.8. The van der Waals surface area contributed by atoms with E-state index in [1.165, 1.54) is 12.1 Å². The lowest BCUT2D eigenvalue weighted by Crippen LogP contribution is -2.42. The average molecular weight is 371 g/mol. The first-order chi connectivity index (χ1) is 12.4. The van der Waals surface area contributed by atoms with E-state index in [0.29, 0.717) is 24.3 Å². The summed E-state index contributed by atoms with van der Waals surface area (Å²) >= 11 is 0. The monoisotopic (exact) mass is 371 g/mol. The largest absolute Gasteiger partial charge is 0.355 e. The highest BCUT2D eigenvalue weighted by Crippen LogP contribution is 2.33. The Bertz CT molecular complexity index is 986. The van der Waals surface area contributed by atoms with Gasteiger partial charge in [-0.25, -0.2) is 8.42 Å². The topological polar surface area (TPSA) is 95.6 Å². The number of para-hydroxylation sites is 2. The maximum atomic E-state index is 13.1. The van der Waals surface area contributed by atoms with Crippen molar-refractivity contribution in [2.24, 2.45) is 0 Å². The Morgan fingerprint density at radius 2 is 1.69 bits per heavy atom. The highest BCUT2D eigenvalue weighted by atomic mass is 32.2. The lowest BCUT2D eigenvalue weighted by Gasteiger charge is -2.30. The minimum atomic E-state index is -3.87. The van der Waals surface area contributed by atoms with E-state index in [1.807, 2.05) is 0 Å². The maximum absolute atomic E-state index is 13.1. The van der Waals surface area contributed by atoms with E-state index in [9.17, 15) is 18.0 Å². The van der Waals surface area contributed by atoms with Gasteiger partial charge in [0.1, 0.15) is 6.54 Å². The Labute approximate surface area is 151 Å². The highest BCUT2D eigenvalue weighted by molar-refractivity contribution is 7.92. The Kier molecular flexibility index (Phi) is 3.91. The molecule has 2 aromatic carbocycles. The Balaban J connectivity index is 1.67. The van der Waals surface area contributed by atoms with Gasteiger partial charge in [-0.15, -0.1) is 0 Å². The van der Waals surface area contributed by atoms with Gasteiger partial charge >= 0.3 is 0 Å². The van der Waals surface area contributed by atoms with Crippen LogP contribution >= 0.6 is 0 Å². The maximum Gasteiger partial charge on any atom is 0.264 e. The van der Waals surface area contributed by atoms with Crippen LogP contribution in [-0.4, -0.2) is 33.3 Å². The molecule has 1 fully saturated rings. The number of hydrogen-bond acceptors (Lipinski definition) is 4. The van der Waals surface area contributed by atoms with E-state index in [4.69, 9.17) is 0 Å². The summed E-state index contributed by atoms with van der Waals surface area (Å²) in [6, 6.07) is 13.3. The van der Waals surface area contributed by atoms with Gasteiger partial charge < -0.3 is 10.6 Å². The summed E-state index contributed by atoms with van der Waals surface area (Å²) in [5.74, 6) is -0.317. The van der Waals surface area contributed by atoms with E-state index in [0.717, 1.165) is 9.87 Å². The molecule has 0 aliphatic carbocycles. The number of benzene rings is 2. The van der Waals surface area contributed by atoms with Crippen LogP contribution in [0.25, 0.3) is 0 Å². The molecule has 2 aromatic rings. The van der Waals surface area contributed by atoms with Gasteiger partial charge in [-0.3, -0.25) is 13.9 Å². The minimum absolute atomic E-state index is 0.00244. The third kappa shape index (κ3) is 2.82.